The molecule has 5 nitrogen and oxygen atoms in total. The predicted molar refractivity (Wildman–Crippen MR) is 84.0 cm³/mol. The maximum absolute atomic E-state index is 11.9. The number of anilines is 1. The number of nitrogens with zero attached hydrogens (tertiary/aromatic N) is 2. The molecule has 0 bridgehead atoms. The van der Waals surface area contributed by atoms with Gasteiger partial charge in [0.2, 0.25) is 0 Å². The number of ether oxygens (including phenoxy) is 1. The number of rotatable bonds is 5. The number of aromatic nitrogens is 1. The second-order valence-corrected chi connectivity index (χ2v) is 5.95. The van der Waals surface area contributed by atoms with Gasteiger partial charge in [0.05, 0.1) is 23.8 Å². The van der Waals surface area contributed by atoms with E-state index in [-0.39, 0.29) is 5.97 Å². The quantitative estimate of drug-likeness (QED) is 0.858. The van der Waals surface area contributed by atoms with Gasteiger partial charge in [-0.3, -0.25) is 0 Å². The Balaban J connectivity index is 1.66. The molecule has 1 aliphatic rings. The van der Waals surface area contributed by atoms with E-state index in [1.54, 1.807) is 24.6 Å². The molecule has 3 rings (SSSR count). The number of nitrogens with one attached hydrogen (secondary N) is 1. The van der Waals surface area contributed by atoms with Crippen molar-refractivity contribution in [3.05, 3.63) is 45.9 Å². The van der Waals surface area contributed by atoms with Crippen LogP contribution in [0.2, 0.25) is 0 Å². The zero-order valence-corrected chi connectivity index (χ0v) is 12.9. The first kappa shape index (κ1) is 14.5. The minimum atomic E-state index is -0.345. The highest BCUT2D eigenvalue weighted by Gasteiger charge is 2.42. The molecule has 0 spiro atoms. The van der Waals surface area contributed by atoms with Gasteiger partial charge in [-0.1, -0.05) is 0 Å². The van der Waals surface area contributed by atoms with Gasteiger partial charge >= 0.3 is 5.97 Å². The third-order valence-electron chi connectivity index (χ3n) is 3.56. The molecule has 0 amide bonds. The molecule has 1 heterocycles. The molecule has 1 N–H and O–H groups in total. The van der Waals surface area contributed by atoms with Crippen LogP contribution in [0.3, 0.4) is 0 Å². The molecule has 112 valence electrons. The van der Waals surface area contributed by atoms with Crippen LogP contribution in [-0.4, -0.2) is 23.6 Å². The number of thiazole rings is 1. The van der Waals surface area contributed by atoms with E-state index in [0.29, 0.717) is 29.8 Å². The van der Waals surface area contributed by atoms with Crippen LogP contribution in [0.15, 0.2) is 29.8 Å². The summed E-state index contributed by atoms with van der Waals surface area (Å²) in [6.45, 7) is 2.14. The monoisotopic (exact) mass is 313 g/mol. The van der Waals surface area contributed by atoms with Crippen LogP contribution < -0.4 is 5.32 Å². The largest absolute Gasteiger partial charge is 0.461 e. The first-order valence-corrected chi connectivity index (χ1v) is 7.98. The van der Waals surface area contributed by atoms with Gasteiger partial charge in [-0.25, -0.2) is 9.78 Å². The topological polar surface area (TPSA) is 75.0 Å². The van der Waals surface area contributed by atoms with E-state index in [1.807, 2.05) is 12.1 Å². The van der Waals surface area contributed by atoms with E-state index in [9.17, 15) is 4.79 Å². The number of hydrogen-bond donors (Lipinski definition) is 1. The summed E-state index contributed by atoms with van der Waals surface area (Å²) in [7, 11) is 0. The summed E-state index contributed by atoms with van der Waals surface area (Å²) in [5.74, 6) is -0.0506. The van der Waals surface area contributed by atoms with Crippen molar-refractivity contribution in [3.63, 3.8) is 0 Å². The van der Waals surface area contributed by atoms with Gasteiger partial charge in [0, 0.05) is 22.5 Å². The minimum Gasteiger partial charge on any atom is -0.461 e. The van der Waals surface area contributed by atoms with Gasteiger partial charge in [-0.05, 0) is 37.6 Å². The van der Waals surface area contributed by atoms with E-state index in [1.165, 1.54) is 11.3 Å². The minimum absolute atomic E-state index is 0.293. The highest BCUT2D eigenvalue weighted by Crippen LogP contribution is 2.45. The summed E-state index contributed by atoms with van der Waals surface area (Å²) in [4.78, 5) is 17.0. The number of carbonyl (C=O) groups excluding carboxylic acids is 1. The zero-order valence-electron chi connectivity index (χ0n) is 12.1. The normalized spacial score (nSPS) is 19.3. The van der Waals surface area contributed by atoms with Crippen LogP contribution >= 0.6 is 11.3 Å². The lowest BCUT2D eigenvalue weighted by Crippen LogP contribution is -2.09. The van der Waals surface area contributed by atoms with Crippen molar-refractivity contribution in [1.82, 2.24) is 4.98 Å². The van der Waals surface area contributed by atoms with Crippen LogP contribution in [0.1, 0.15) is 40.2 Å². The zero-order chi connectivity index (χ0) is 15.5. The molecular formula is C16H15N3O2S. The molecule has 2 aromatic rings. The highest BCUT2D eigenvalue weighted by molar-refractivity contribution is 7.10. The van der Waals surface area contributed by atoms with Crippen molar-refractivity contribution < 1.29 is 9.53 Å². The van der Waals surface area contributed by atoms with E-state index < -0.39 is 0 Å². The Morgan fingerprint density at radius 2 is 2.27 bits per heavy atom. The molecule has 1 saturated carbocycles. The Morgan fingerprint density at radius 1 is 1.50 bits per heavy atom. The van der Waals surface area contributed by atoms with Crippen LogP contribution in [0.25, 0.3) is 0 Å². The lowest BCUT2D eigenvalue weighted by Gasteiger charge is -2.06. The second kappa shape index (κ2) is 6.16. The van der Waals surface area contributed by atoms with Crippen LogP contribution in [0, 0.1) is 11.3 Å². The molecule has 22 heavy (non-hydrogen) atoms. The molecule has 0 aliphatic heterocycles. The first-order valence-electron chi connectivity index (χ1n) is 7.10. The standard InChI is InChI=1S/C16H15N3O2S/c1-2-21-16(20)14-15(22-9-18-14)12-7-13(12)19-11-5-3-10(8-17)4-6-11/h3-6,9,12-13,19H,2,7H2,1H3. The molecule has 2 atom stereocenters. The van der Waals surface area contributed by atoms with Gasteiger partial charge in [0.15, 0.2) is 5.69 Å². The molecular weight excluding hydrogens is 298 g/mol. The fraction of sp³-hybridized carbons (Fsp3) is 0.312. The predicted octanol–water partition coefficient (Wildman–Crippen LogP) is 3.16. The van der Waals surface area contributed by atoms with Gasteiger partial charge in [0.25, 0.3) is 0 Å². The molecule has 6 heteroatoms. The number of hydrogen-bond acceptors (Lipinski definition) is 6. The maximum atomic E-state index is 11.9. The Hall–Kier alpha value is -2.39. The Kier molecular flexibility index (Phi) is 4.07. The average Bonchev–Trinajstić information content (AvgIpc) is 3.11. The summed E-state index contributed by atoms with van der Waals surface area (Å²) >= 11 is 1.50. The molecule has 1 aliphatic carbocycles. The fourth-order valence-electron chi connectivity index (χ4n) is 2.37. The molecule has 1 aromatic carbocycles. The Morgan fingerprint density at radius 3 is 2.95 bits per heavy atom. The lowest BCUT2D eigenvalue weighted by molar-refractivity contribution is 0.0519. The van der Waals surface area contributed by atoms with Gasteiger partial charge < -0.3 is 10.1 Å². The van der Waals surface area contributed by atoms with Crippen LogP contribution in [0.4, 0.5) is 5.69 Å². The maximum Gasteiger partial charge on any atom is 0.358 e. The van der Waals surface area contributed by atoms with E-state index in [0.717, 1.165) is 17.0 Å². The van der Waals surface area contributed by atoms with Crippen LogP contribution in [-0.2, 0) is 4.74 Å². The van der Waals surface area contributed by atoms with Gasteiger partial charge in [0.1, 0.15) is 0 Å². The Labute approximate surface area is 132 Å². The van der Waals surface area contributed by atoms with Gasteiger partial charge in [-0.2, -0.15) is 5.26 Å². The lowest BCUT2D eigenvalue weighted by atomic mass is 10.2. The molecule has 1 aromatic heterocycles. The SMILES string of the molecule is CCOC(=O)c1ncsc1C1CC1Nc1ccc(C#N)cc1. The number of esters is 1. The van der Waals surface area contributed by atoms with Crippen molar-refractivity contribution >= 4 is 23.0 Å². The fourth-order valence-corrected chi connectivity index (χ4v) is 3.33. The summed E-state index contributed by atoms with van der Waals surface area (Å²) in [5.41, 5.74) is 3.76. The van der Waals surface area contributed by atoms with Crippen molar-refractivity contribution in [2.45, 2.75) is 25.3 Å². The number of benzene rings is 1. The molecule has 0 radical (unpaired) electrons. The smallest absolute Gasteiger partial charge is 0.358 e. The third-order valence-corrected chi connectivity index (χ3v) is 4.52. The summed E-state index contributed by atoms with van der Waals surface area (Å²) < 4.78 is 5.04. The van der Waals surface area contributed by atoms with Crippen molar-refractivity contribution in [1.29, 1.82) is 5.26 Å². The molecule has 1 fully saturated rings. The molecule has 2 unspecified atom stereocenters. The number of carbonyl (C=O) groups is 1. The third kappa shape index (κ3) is 2.95. The van der Waals surface area contributed by atoms with E-state index in [2.05, 4.69) is 16.4 Å². The van der Waals surface area contributed by atoms with Crippen molar-refractivity contribution in [2.24, 2.45) is 0 Å². The first-order chi connectivity index (χ1) is 10.7. The Bertz CT molecular complexity index is 718. The number of nitriles is 1. The van der Waals surface area contributed by atoms with E-state index in [4.69, 9.17) is 10.00 Å². The van der Waals surface area contributed by atoms with E-state index >= 15 is 0 Å². The molecule has 0 saturated heterocycles. The van der Waals surface area contributed by atoms with Gasteiger partial charge in [-0.15, -0.1) is 11.3 Å². The average molecular weight is 313 g/mol. The summed E-state index contributed by atoms with van der Waals surface area (Å²) in [5, 5.41) is 12.2. The van der Waals surface area contributed by atoms with Crippen LogP contribution in [0.5, 0.6) is 0 Å². The van der Waals surface area contributed by atoms with Crippen molar-refractivity contribution in [3.8, 4) is 6.07 Å². The summed E-state index contributed by atoms with van der Waals surface area (Å²) in [6, 6.07) is 9.76. The highest BCUT2D eigenvalue weighted by atomic mass is 32.1. The van der Waals surface area contributed by atoms with Crippen molar-refractivity contribution in [2.75, 3.05) is 11.9 Å². The second-order valence-electron chi connectivity index (χ2n) is 5.07. The summed E-state index contributed by atoms with van der Waals surface area (Å²) in [6.07, 6.45) is 0.967.